The number of piperidine rings is 1. The Morgan fingerprint density at radius 2 is 1.87 bits per heavy atom. The highest BCUT2D eigenvalue weighted by Gasteiger charge is 2.30. The van der Waals surface area contributed by atoms with E-state index in [1.54, 1.807) is 13.0 Å². The summed E-state index contributed by atoms with van der Waals surface area (Å²) in [4.78, 5) is 2.27. The van der Waals surface area contributed by atoms with Crippen LogP contribution in [0.25, 0.3) is 10.9 Å². The van der Waals surface area contributed by atoms with E-state index in [9.17, 15) is 13.2 Å². The molecule has 2 heterocycles. The Hall–Kier alpha value is -2.94. The van der Waals surface area contributed by atoms with Crippen molar-refractivity contribution < 1.29 is 13.2 Å². The van der Waals surface area contributed by atoms with Gasteiger partial charge in [0.15, 0.2) is 5.82 Å². The summed E-state index contributed by atoms with van der Waals surface area (Å²) in [5.41, 5.74) is 7.55. The third-order valence-electron chi connectivity index (χ3n) is 5.50. The minimum absolute atomic E-state index is 0.236. The number of hydrogen-bond donors (Lipinski definition) is 2. The number of nitrogens with zero attached hydrogens (tertiary/aromatic N) is 4. The lowest BCUT2D eigenvalue weighted by molar-refractivity contribution is -0.137. The van der Waals surface area contributed by atoms with Crippen molar-refractivity contribution in [3.05, 3.63) is 53.6 Å². The van der Waals surface area contributed by atoms with Gasteiger partial charge in [-0.15, -0.1) is 10.2 Å². The van der Waals surface area contributed by atoms with Gasteiger partial charge in [0.1, 0.15) is 0 Å². The molecule has 0 radical (unpaired) electrons. The molecule has 1 aliphatic rings. The molecule has 3 aromatic rings. The first-order valence-electron chi connectivity index (χ1n) is 9.88. The molecule has 1 fully saturated rings. The zero-order valence-corrected chi connectivity index (χ0v) is 16.5. The smallest absolute Gasteiger partial charge is 0.371 e. The molecule has 1 aromatic heterocycles. The quantitative estimate of drug-likeness (QED) is 0.665. The Morgan fingerprint density at radius 1 is 1.10 bits per heavy atom. The van der Waals surface area contributed by atoms with E-state index in [1.807, 2.05) is 18.2 Å². The van der Waals surface area contributed by atoms with Gasteiger partial charge in [0, 0.05) is 30.2 Å². The van der Waals surface area contributed by atoms with E-state index in [0.717, 1.165) is 49.1 Å². The second kappa shape index (κ2) is 8.06. The predicted octanol–water partition coefficient (Wildman–Crippen LogP) is 4.14. The highest BCUT2D eigenvalue weighted by molar-refractivity contribution is 5.91. The lowest BCUT2D eigenvalue weighted by atomic mass is 10.0. The van der Waals surface area contributed by atoms with Crippen LogP contribution in [0.3, 0.4) is 0 Å². The van der Waals surface area contributed by atoms with Crippen molar-refractivity contribution in [3.8, 4) is 0 Å². The Morgan fingerprint density at radius 3 is 2.60 bits per heavy atom. The van der Waals surface area contributed by atoms with Crippen LogP contribution in [-0.4, -0.2) is 34.5 Å². The van der Waals surface area contributed by atoms with Gasteiger partial charge in [-0.25, -0.2) is 0 Å². The summed E-state index contributed by atoms with van der Waals surface area (Å²) in [7, 11) is 0. The lowest BCUT2D eigenvalue weighted by Crippen LogP contribution is -2.39. The Bertz CT molecular complexity index is 1030. The zero-order chi connectivity index (χ0) is 21.3. The van der Waals surface area contributed by atoms with Crippen LogP contribution in [-0.2, 0) is 6.18 Å². The van der Waals surface area contributed by atoms with Crippen LogP contribution in [0.5, 0.6) is 0 Å². The molecule has 1 saturated heterocycles. The van der Waals surface area contributed by atoms with Gasteiger partial charge in [0.05, 0.1) is 17.1 Å². The standard InChI is InChI=1S/C21H23F3N6/c1-13(14-3-2-4-15(11-14)21(22,23)24)26-20-18-12-17(5-6-19(18)27-29-28-20)30-9-7-16(25)8-10-30/h2-6,11-13,16H,7-10,25H2,1H3,(H,26,27,28)/t13-/m1/s1. The number of hydrogen-bond acceptors (Lipinski definition) is 6. The summed E-state index contributed by atoms with van der Waals surface area (Å²) in [5, 5.41) is 16.0. The molecule has 0 spiro atoms. The Labute approximate surface area is 172 Å². The molecular formula is C21H23F3N6. The fourth-order valence-corrected chi connectivity index (χ4v) is 3.70. The summed E-state index contributed by atoms with van der Waals surface area (Å²) >= 11 is 0. The summed E-state index contributed by atoms with van der Waals surface area (Å²) in [6.45, 7) is 3.54. The monoisotopic (exact) mass is 416 g/mol. The molecule has 2 aromatic carbocycles. The topological polar surface area (TPSA) is 80.0 Å². The van der Waals surface area contributed by atoms with Crippen LogP contribution in [0, 0.1) is 0 Å². The average Bonchev–Trinajstić information content (AvgIpc) is 2.74. The molecule has 3 N–H and O–H groups in total. The highest BCUT2D eigenvalue weighted by Crippen LogP contribution is 2.32. The Kier molecular flexibility index (Phi) is 5.46. The largest absolute Gasteiger partial charge is 0.416 e. The van der Waals surface area contributed by atoms with E-state index in [1.165, 1.54) is 6.07 Å². The maximum atomic E-state index is 13.0. The maximum absolute atomic E-state index is 13.0. The van der Waals surface area contributed by atoms with E-state index >= 15 is 0 Å². The van der Waals surface area contributed by atoms with Crippen molar-refractivity contribution >= 4 is 22.4 Å². The first kappa shape index (κ1) is 20.3. The Balaban J connectivity index is 1.61. The number of fused-ring (bicyclic) bond motifs is 1. The number of benzene rings is 2. The number of aromatic nitrogens is 3. The molecule has 0 saturated carbocycles. The van der Waals surface area contributed by atoms with Crippen LogP contribution in [0.15, 0.2) is 42.5 Å². The van der Waals surface area contributed by atoms with Crippen molar-refractivity contribution in [3.63, 3.8) is 0 Å². The minimum atomic E-state index is -4.38. The van der Waals surface area contributed by atoms with Gasteiger partial charge in [0.2, 0.25) is 0 Å². The SMILES string of the molecule is C[C@@H](Nc1nnnc2ccc(N3CCC(N)CC3)cc12)c1cccc(C(F)(F)F)c1. The van der Waals surface area contributed by atoms with Gasteiger partial charge in [-0.3, -0.25) is 0 Å². The maximum Gasteiger partial charge on any atom is 0.416 e. The number of rotatable bonds is 4. The third-order valence-corrected chi connectivity index (χ3v) is 5.50. The zero-order valence-electron chi connectivity index (χ0n) is 16.5. The van der Waals surface area contributed by atoms with Crippen molar-refractivity contribution in [1.82, 2.24) is 15.4 Å². The summed E-state index contributed by atoms with van der Waals surface area (Å²) in [6.07, 6.45) is -2.52. The number of alkyl halides is 3. The number of nitrogens with one attached hydrogen (secondary N) is 1. The molecule has 9 heteroatoms. The van der Waals surface area contributed by atoms with Crippen LogP contribution in [0.4, 0.5) is 24.7 Å². The van der Waals surface area contributed by atoms with Crippen molar-refractivity contribution in [1.29, 1.82) is 0 Å². The minimum Gasteiger partial charge on any atom is -0.371 e. The predicted molar refractivity (Wildman–Crippen MR) is 110 cm³/mol. The summed E-state index contributed by atoms with van der Waals surface area (Å²) in [6, 6.07) is 11.0. The molecule has 0 amide bonds. The molecule has 1 atom stereocenters. The van der Waals surface area contributed by atoms with Gasteiger partial charge in [-0.1, -0.05) is 12.1 Å². The molecule has 4 rings (SSSR count). The number of anilines is 2. The van der Waals surface area contributed by atoms with Crippen LogP contribution in [0.1, 0.15) is 36.9 Å². The van der Waals surface area contributed by atoms with Gasteiger partial charge >= 0.3 is 6.18 Å². The van der Waals surface area contributed by atoms with Crippen LogP contribution < -0.4 is 16.0 Å². The van der Waals surface area contributed by atoms with Gasteiger partial charge in [-0.2, -0.15) is 13.2 Å². The fourth-order valence-electron chi connectivity index (χ4n) is 3.70. The highest BCUT2D eigenvalue weighted by atomic mass is 19.4. The first-order valence-corrected chi connectivity index (χ1v) is 9.88. The van der Waals surface area contributed by atoms with Crippen LogP contribution >= 0.6 is 0 Å². The van der Waals surface area contributed by atoms with Gasteiger partial charge in [-0.05, 0) is 60.9 Å². The second-order valence-corrected chi connectivity index (χ2v) is 7.65. The van der Waals surface area contributed by atoms with E-state index in [-0.39, 0.29) is 6.04 Å². The van der Waals surface area contributed by atoms with E-state index in [0.29, 0.717) is 16.9 Å². The molecule has 158 valence electrons. The first-order chi connectivity index (χ1) is 14.3. The van der Waals surface area contributed by atoms with Crippen LogP contribution in [0.2, 0.25) is 0 Å². The molecular weight excluding hydrogens is 393 g/mol. The molecule has 0 bridgehead atoms. The lowest BCUT2D eigenvalue weighted by Gasteiger charge is -2.32. The summed E-state index contributed by atoms with van der Waals surface area (Å²) in [5.74, 6) is 0.487. The molecule has 6 nitrogen and oxygen atoms in total. The number of halogens is 3. The van der Waals surface area contributed by atoms with Gasteiger partial charge in [0.25, 0.3) is 0 Å². The number of nitrogens with two attached hydrogens (primary N) is 1. The molecule has 30 heavy (non-hydrogen) atoms. The van der Waals surface area contributed by atoms with Crippen molar-refractivity contribution in [2.75, 3.05) is 23.3 Å². The van der Waals surface area contributed by atoms with E-state index in [4.69, 9.17) is 5.73 Å². The van der Waals surface area contributed by atoms with E-state index < -0.39 is 17.8 Å². The summed E-state index contributed by atoms with van der Waals surface area (Å²) < 4.78 is 39.1. The van der Waals surface area contributed by atoms with Gasteiger partial charge < -0.3 is 16.0 Å². The third kappa shape index (κ3) is 4.30. The molecule has 0 aliphatic carbocycles. The fraction of sp³-hybridized carbons (Fsp3) is 0.381. The molecule has 0 unspecified atom stereocenters. The van der Waals surface area contributed by atoms with Crippen molar-refractivity contribution in [2.24, 2.45) is 5.73 Å². The van der Waals surface area contributed by atoms with E-state index in [2.05, 4.69) is 25.6 Å². The molecule has 1 aliphatic heterocycles. The average molecular weight is 416 g/mol. The normalized spacial score (nSPS) is 16.6. The van der Waals surface area contributed by atoms with Crippen molar-refractivity contribution in [2.45, 2.75) is 38.0 Å². The second-order valence-electron chi connectivity index (χ2n) is 7.65.